The fourth-order valence-corrected chi connectivity index (χ4v) is 3.41. The third kappa shape index (κ3) is 4.56. The van der Waals surface area contributed by atoms with Gasteiger partial charge in [0.05, 0.1) is 32.6 Å². The molecule has 0 spiro atoms. The van der Waals surface area contributed by atoms with Gasteiger partial charge in [-0.25, -0.2) is 10.1 Å². The molecule has 3 N–H and O–H groups in total. The van der Waals surface area contributed by atoms with Crippen LogP contribution >= 0.6 is 11.6 Å². The maximum Gasteiger partial charge on any atom is 0.294 e. The Morgan fingerprint density at radius 2 is 1.83 bits per heavy atom. The molecule has 4 rings (SSSR count). The van der Waals surface area contributed by atoms with Crippen molar-refractivity contribution in [3.8, 4) is 34.3 Å². The van der Waals surface area contributed by atoms with E-state index in [1.165, 1.54) is 32.2 Å². The number of benzene rings is 2. The second-order valence-corrected chi connectivity index (χ2v) is 7.21. The molecule has 0 fully saturated rings. The number of hydrazone groups is 1. The molecule has 0 unspecified atom stereocenters. The number of carbonyl (C=O) groups excluding carboxylic acids is 1. The second-order valence-electron chi connectivity index (χ2n) is 6.80. The number of hydrogen-bond donors (Lipinski definition) is 2. The average molecular weight is 499 g/mol. The molecule has 0 saturated carbocycles. The van der Waals surface area contributed by atoms with Crippen LogP contribution in [-0.2, 0) is 0 Å². The normalized spacial score (nSPS) is 11.0. The minimum atomic E-state index is -0.670. The highest BCUT2D eigenvalue weighted by atomic mass is 35.5. The molecule has 14 heteroatoms. The predicted molar refractivity (Wildman–Crippen MR) is 125 cm³/mol. The van der Waals surface area contributed by atoms with Crippen LogP contribution < -0.4 is 25.4 Å². The summed E-state index contributed by atoms with van der Waals surface area (Å²) in [5, 5.41) is 19.6. The van der Waals surface area contributed by atoms with Gasteiger partial charge in [0, 0.05) is 17.2 Å². The van der Waals surface area contributed by atoms with Crippen LogP contribution in [0.2, 0.25) is 5.02 Å². The zero-order valence-corrected chi connectivity index (χ0v) is 19.5. The Bertz CT molecular complexity index is 1400. The average Bonchev–Trinajstić information content (AvgIpc) is 3.49. The number of aromatic nitrogens is 5. The lowest BCUT2D eigenvalue weighted by Crippen LogP contribution is -2.19. The number of nitrogens with one attached hydrogen (secondary N) is 1. The Hall–Kier alpha value is -4.65. The molecule has 180 valence electrons. The Morgan fingerprint density at radius 3 is 2.49 bits per heavy atom. The maximum atomic E-state index is 13.0. The highest BCUT2D eigenvalue weighted by Crippen LogP contribution is 2.34. The summed E-state index contributed by atoms with van der Waals surface area (Å²) in [5.74, 6) is 0.727. The van der Waals surface area contributed by atoms with Gasteiger partial charge in [-0.05, 0) is 22.4 Å². The molecular weight excluding hydrogens is 480 g/mol. The number of nitrogens with zero attached hydrogens (tertiary/aromatic N) is 6. The van der Waals surface area contributed by atoms with Crippen LogP contribution in [0.5, 0.6) is 17.2 Å². The van der Waals surface area contributed by atoms with E-state index in [9.17, 15) is 4.79 Å². The lowest BCUT2D eigenvalue weighted by atomic mass is 10.1. The monoisotopic (exact) mass is 498 g/mol. The first-order valence-corrected chi connectivity index (χ1v) is 10.3. The van der Waals surface area contributed by atoms with E-state index < -0.39 is 5.91 Å². The van der Waals surface area contributed by atoms with E-state index in [2.05, 4.69) is 35.8 Å². The Labute approximate surface area is 203 Å². The molecule has 2 aromatic heterocycles. The van der Waals surface area contributed by atoms with Gasteiger partial charge in [0.25, 0.3) is 5.91 Å². The van der Waals surface area contributed by atoms with Gasteiger partial charge >= 0.3 is 0 Å². The third-order valence-electron chi connectivity index (χ3n) is 4.82. The smallest absolute Gasteiger partial charge is 0.294 e. The van der Waals surface area contributed by atoms with Gasteiger partial charge in [-0.1, -0.05) is 35.0 Å². The lowest BCUT2D eigenvalue weighted by molar-refractivity contribution is 0.0950. The van der Waals surface area contributed by atoms with E-state index >= 15 is 0 Å². The molecule has 2 heterocycles. The van der Waals surface area contributed by atoms with E-state index in [1.807, 2.05) is 0 Å². The maximum absolute atomic E-state index is 13.0. The van der Waals surface area contributed by atoms with Crippen molar-refractivity contribution >= 4 is 29.5 Å². The number of rotatable bonds is 8. The van der Waals surface area contributed by atoms with Crippen molar-refractivity contribution < 1.29 is 23.6 Å². The molecule has 35 heavy (non-hydrogen) atoms. The van der Waals surface area contributed by atoms with Crippen molar-refractivity contribution in [2.24, 2.45) is 5.10 Å². The largest absolute Gasteiger partial charge is 0.496 e. The van der Waals surface area contributed by atoms with Gasteiger partial charge in [0.2, 0.25) is 11.6 Å². The number of hydrogen-bond acceptors (Lipinski definition) is 11. The van der Waals surface area contributed by atoms with Crippen LogP contribution in [0.25, 0.3) is 17.1 Å². The van der Waals surface area contributed by atoms with Crippen molar-refractivity contribution in [1.82, 2.24) is 30.7 Å². The number of ether oxygens (including phenoxy) is 3. The van der Waals surface area contributed by atoms with Gasteiger partial charge in [0.15, 0.2) is 17.2 Å². The van der Waals surface area contributed by atoms with Crippen LogP contribution in [0, 0.1) is 0 Å². The van der Waals surface area contributed by atoms with Crippen molar-refractivity contribution in [2.45, 2.75) is 0 Å². The second kappa shape index (κ2) is 10.1. The van der Waals surface area contributed by atoms with Crippen molar-refractivity contribution in [3.63, 3.8) is 0 Å². The fraction of sp³-hybridized carbons (Fsp3) is 0.143. The minimum Gasteiger partial charge on any atom is -0.496 e. The SMILES string of the molecule is COc1cc(OC)c(OC)cc1/C=N\NC(=O)c1nnn(-c2nonc2N)c1-c1ccccc1Cl. The molecule has 13 nitrogen and oxygen atoms in total. The van der Waals surface area contributed by atoms with E-state index in [0.29, 0.717) is 33.4 Å². The molecule has 0 bridgehead atoms. The quantitative estimate of drug-likeness (QED) is 0.272. The van der Waals surface area contributed by atoms with Crippen LogP contribution in [-0.4, -0.2) is 58.8 Å². The van der Waals surface area contributed by atoms with Crippen molar-refractivity contribution in [1.29, 1.82) is 0 Å². The predicted octanol–water partition coefficient (Wildman–Crippen LogP) is 2.34. The van der Waals surface area contributed by atoms with Gasteiger partial charge < -0.3 is 19.9 Å². The van der Waals surface area contributed by atoms with E-state index in [1.54, 1.807) is 36.4 Å². The molecule has 2 aromatic carbocycles. The van der Waals surface area contributed by atoms with Crippen molar-refractivity contribution in [2.75, 3.05) is 27.1 Å². The molecule has 1 amide bonds. The van der Waals surface area contributed by atoms with Crippen LogP contribution in [0.1, 0.15) is 16.1 Å². The fourth-order valence-electron chi connectivity index (χ4n) is 3.18. The van der Waals surface area contributed by atoms with Crippen LogP contribution in [0.3, 0.4) is 0 Å². The molecule has 0 radical (unpaired) electrons. The summed E-state index contributed by atoms with van der Waals surface area (Å²) >= 11 is 6.38. The molecule has 0 atom stereocenters. The first-order chi connectivity index (χ1) is 17.0. The van der Waals surface area contributed by atoms with Crippen molar-refractivity contribution in [3.05, 3.63) is 52.7 Å². The molecule has 0 aliphatic carbocycles. The number of anilines is 1. The number of amides is 1. The minimum absolute atomic E-state index is 0.0463. The number of carbonyl (C=O) groups is 1. The number of halogens is 1. The van der Waals surface area contributed by atoms with Gasteiger partial charge in [0.1, 0.15) is 11.4 Å². The summed E-state index contributed by atoms with van der Waals surface area (Å²) in [7, 11) is 4.51. The van der Waals surface area contributed by atoms with Crippen LogP contribution in [0.15, 0.2) is 46.1 Å². The lowest BCUT2D eigenvalue weighted by Gasteiger charge is -2.11. The zero-order chi connectivity index (χ0) is 24.9. The summed E-state index contributed by atoms with van der Waals surface area (Å²) < 4.78 is 21.8. The summed E-state index contributed by atoms with van der Waals surface area (Å²) in [4.78, 5) is 13.0. The van der Waals surface area contributed by atoms with Crippen LogP contribution in [0.4, 0.5) is 5.82 Å². The topological polar surface area (TPSA) is 165 Å². The van der Waals surface area contributed by atoms with Gasteiger partial charge in [-0.15, -0.1) is 5.10 Å². The summed E-state index contributed by atoms with van der Waals surface area (Å²) in [6, 6.07) is 10.1. The summed E-state index contributed by atoms with van der Waals surface area (Å²) in [6.07, 6.45) is 1.39. The highest BCUT2D eigenvalue weighted by Gasteiger charge is 2.26. The van der Waals surface area contributed by atoms with E-state index in [0.717, 1.165) is 0 Å². The van der Waals surface area contributed by atoms with E-state index in [4.69, 9.17) is 31.5 Å². The molecule has 0 aliphatic rings. The van der Waals surface area contributed by atoms with E-state index in [-0.39, 0.29) is 23.0 Å². The zero-order valence-electron chi connectivity index (χ0n) is 18.7. The number of methoxy groups -OCH3 is 3. The number of nitrogens with two attached hydrogens (primary N) is 1. The first-order valence-electron chi connectivity index (χ1n) is 9.90. The first kappa shape index (κ1) is 23.5. The Balaban J connectivity index is 1.69. The molecular formula is C21H19ClN8O5. The Kier molecular flexibility index (Phi) is 6.78. The Morgan fingerprint density at radius 1 is 1.11 bits per heavy atom. The summed E-state index contributed by atoms with van der Waals surface area (Å²) in [6.45, 7) is 0. The number of nitrogen functional groups attached to an aromatic ring is 1. The molecule has 0 saturated heterocycles. The summed E-state index contributed by atoms with van der Waals surface area (Å²) in [5.41, 5.74) is 9.35. The molecule has 4 aromatic rings. The van der Waals surface area contributed by atoms with Gasteiger partial charge in [-0.2, -0.15) is 9.78 Å². The third-order valence-corrected chi connectivity index (χ3v) is 5.15. The molecule has 0 aliphatic heterocycles. The van der Waals surface area contributed by atoms with Gasteiger partial charge in [-0.3, -0.25) is 4.79 Å². The standard InChI is InChI=1S/C21H19ClN8O5/c1-32-14-9-16(34-3)15(33-2)8-11(14)10-24-26-21(31)17-18(12-6-4-5-7-13(12)22)30(29-25-17)20-19(23)27-35-28-20/h4-10H,1-3H3,(H2,23,27)(H,26,31)/b24-10-. The highest BCUT2D eigenvalue weighted by molar-refractivity contribution is 6.33.